The molecule has 1 aliphatic rings. The molecule has 1 amide bonds. The van der Waals surface area contributed by atoms with E-state index in [2.05, 4.69) is 5.32 Å². The number of ether oxygens (including phenoxy) is 2. The van der Waals surface area contributed by atoms with Crippen molar-refractivity contribution in [3.63, 3.8) is 0 Å². The maximum atomic E-state index is 11.6. The minimum Gasteiger partial charge on any atom is -0.482 e. The maximum Gasteiger partial charge on any atom is 0.258 e. The van der Waals surface area contributed by atoms with Crippen LogP contribution in [0.3, 0.4) is 0 Å². The van der Waals surface area contributed by atoms with E-state index < -0.39 is 5.60 Å². The van der Waals surface area contributed by atoms with Gasteiger partial charge in [0.1, 0.15) is 11.4 Å². The summed E-state index contributed by atoms with van der Waals surface area (Å²) in [5, 5.41) is 13.4. The molecule has 1 saturated heterocycles. The number of hydrogen-bond acceptors (Lipinski definition) is 4. The molecule has 0 bridgehead atoms. The summed E-state index contributed by atoms with van der Waals surface area (Å²) >= 11 is 11.7. The second kappa shape index (κ2) is 6.63. The number of aliphatic hydroxyl groups is 1. The molecule has 1 fully saturated rings. The Kier molecular flexibility index (Phi) is 5.10. The smallest absolute Gasteiger partial charge is 0.258 e. The molecule has 110 valence electrons. The van der Waals surface area contributed by atoms with Crippen LogP contribution in [-0.4, -0.2) is 43.0 Å². The van der Waals surface area contributed by atoms with Crippen LogP contribution in [0.5, 0.6) is 5.75 Å². The SMILES string of the molecule is O=C(COc1cc(Cl)ccc1Cl)NCC1(O)CCOC1. The summed E-state index contributed by atoms with van der Waals surface area (Å²) in [6, 6.07) is 4.76. The number of hydrogen-bond donors (Lipinski definition) is 2. The highest BCUT2D eigenvalue weighted by atomic mass is 35.5. The highest BCUT2D eigenvalue weighted by molar-refractivity contribution is 6.34. The van der Waals surface area contributed by atoms with Crippen LogP contribution in [0.1, 0.15) is 6.42 Å². The van der Waals surface area contributed by atoms with Crippen molar-refractivity contribution in [2.24, 2.45) is 0 Å². The van der Waals surface area contributed by atoms with Crippen molar-refractivity contribution in [1.29, 1.82) is 0 Å². The van der Waals surface area contributed by atoms with Crippen molar-refractivity contribution in [3.8, 4) is 5.75 Å². The molecule has 0 aromatic heterocycles. The van der Waals surface area contributed by atoms with Crippen molar-refractivity contribution in [3.05, 3.63) is 28.2 Å². The van der Waals surface area contributed by atoms with E-state index in [0.29, 0.717) is 28.8 Å². The number of nitrogens with one attached hydrogen (secondary N) is 1. The average molecular weight is 320 g/mol. The van der Waals surface area contributed by atoms with Crippen LogP contribution in [-0.2, 0) is 9.53 Å². The number of halogens is 2. The number of carbonyl (C=O) groups is 1. The van der Waals surface area contributed by atoms with Gasteiger partial charge in [-0.1, -0.05) is 23.2 Å². The molecule has 1 atom stereocenters. The van der Waals surface area contributed by atoms with E-state index in [0.717, 1.165) is 0 Å². The lowest BCUT2D eigenvalue weighted by Crippen LogP contribution is -2.44. The molecule has 1 aliphatic heterocycles. The number of benzene rings is 1. The van der Waals surface area contributed by atoms with E-state index in [9.17, 15) is 9.90 Å². The van der Waals surface area contributed by atoms with Gasteiger partial charge in [0, 0.05) is 30.7 Å². The summed E-state index contributed by atoms with van der Waals surface area (Å²) < 4.78 is 10.4. The van der Waals surface area contributed by atoms with E-state index in [-0.39, 0.29) is 25.7 Å². The van der Waals surface area contributed by atoms with Crippen molar-refractivity contribution >= 4 is 29.1 Å². The summed E-state index contributed by atoms with van der Waals surface area (Å²) in [5.74, 6) is -0.00130. The van der Waals surface area contributed by atoms with Gasteiger partial charge in [-0.2, -0.15) is 0 Å². The zero-order chi connectivity index (χ0) is 14.6. The molecule has 0 saturated carbocycles. The van der Waals surface area contributed by atoms with Crippen LogP contribution in [0, 0.1) is 0 Å². The lowest BCUT2D eigenvalue weighted by Gasteiger charge is -2.20. The van der Waals surface area contributed by atoms with Gasteiger partial charge in [0.25, 0.3) is 5.91 Å². The Labute approximate surface area is 126 Å². The van der Waals surface area contributed by atoms with Crippen LogP contribution in [0.25, 0.3) is 0 Å². The number of carbonyl (C=O) groups excluding carboxylic acids is 1. The summed E-state index contributed by atoms with van der Waals surface area (Å²) in [4.78, 5) is 11.6. The molecular formula is C13H15Cl2NO4. The Morgan fingerprint density at radius 3 is 3.00 bits per heavy atom. The Morgan fingerprint density at radius 2 is 2.30 bits per heavy atom. The summed E-state index contributed by atoms with van der Waals surface area (Å²) in [7, 11) is 0. The third-order valence-electron chi connectivity index (χ3n) is 2.95. The zero-order valence-electron chi connectivity index (χ0n) is 10.7. The molecular weight excluding hydrogens is 305 g/mol. The molecule has 1 unspecified atom stereocenters. The Bertz CT molecular complexity index is 489. The first-order chi connectivity index (χ1) is 9.48. The van der Waals surface area contributed by atoms with Crippen LogP contribution in [0.2, 0.25) is 10.0 Å². The van der Waals surface area contributed by atoms with Gasteiger partial charge in [-0.05, 0) is 12.1 Å². The van der Waals surface area contributed by atoms with Crippen molar-refractivity contribution in [1.82, 2.24) is 5.32 Å². The molecule has 1 aromatic rings. The number of amides is 1. The van der Waals surface area contributed by atoms with E-state index in [1.165, 1.54) is 6.07 Å². The van der Waals surface area contributed by atoms with Crippen LogP contribution in [0.4, 0.5) is 0 Å². The standard InChI is InChI=1S/C13H15Cl2NO4/c14-9-1-2-10(15)11(5-9)20-6-12(17)16-7-13(18)3-4-19-8-13/h1-2,5,18H,3-4,6-8H2,(H,16,17). The van der Waals surface area contributed by atoms with Crippen molar-refractivity contribution in [2.75, 3.05) is 26.4 Å². The minimum absolute atomic E-state index is 0.137. The molecule has 0 spiro atoms. The third-order valence-corrected chi connectivity index (χ3v) is 3.50. The highest BCUT2D eigenvalue weighted by Crippen LogP contribution is 2.27. The second-order valence-corrected chi connectivity index (χ2v) is 5.51. The van der Waals surface area contributed by atoms with E-state index in [1.54, 1.807) is 12.1 Å². The van der Waals surface area contributed by atoms with Gasteiger partial charge in [0.05, 0.1) is 11.6 Å². The highest BCUT2D eigenvalue weighted by Gasteiger charge is 2.32. The van der Waals surface area contributed by atoms with Gasteiger partial charge in [-0.15, -0.1) is 0 Å². The third kappa shape index (κ3) is 4.24. The monoisotopic (exact) mass is 319 g/mol. The summed E-state index contributed by atoms with van der Waals surface area (Å²) in [5.41, 5.74) is -0.983. The Hall–Kier alpha value is -1.01. The van der Waals surface area contributed by atoms with Crippen molar-refractivity contribution in [2.45, 2.75) is 12.0 Å². The zero-order valence-corrected chi connectivity index (χ0v) is 12.2. The molecule has 1 heterocycles. The van der Waals surface area contributed by atoms with Crippen molar-refractivity contribution < 1.29 is 19.4 Å². The van der Waals surface area contributed by atoms with Crippen LogP contribution >= 0.6 is 23.2 Å². The molecule has 0 aliphatic carbocycles. The molecule has 7 heteroatoms. The molecule has 20 heavy (non-hydrogen) atoms. The lowest BCUT2D eigenvalue weighted by atomic mass is 10.0. The fourth-order valence-corrected chi connectivity index (χ4v) is 2.12. The summed E-state index contributed by atoms with van der Waals surface area (Å²) in [6.07, 6.45) is 0.508. The van der Waals surface area contributed by atoms with Gasteiger partial charge in [-0.3, -0.25) is 4.79 Å². The Morgan fingerprint density at radius 1 is 1.50 bits per heavy atom. The predicted molar refractivity (Wildman–Crippen MR) is 75.4 cm³/mol. The molecule has 2 rings (SSSR count). The molecule has 0 radical (unpaired) electrons. The minimum atomic E-state index is -0.983. The first-order valence-electron chi connectivity index (χ1n) is 6.13. The quantitative estimate of drug-likeness (QED) is 0.865. The maximum absolute atomic E-state index is 11.6. The van der Waals surface area contributed by atoms with Gasteiger partial charge >= 0.3 is 0 Å². The van der Waals surface area contributed by atoms with E-state index >= 15 is 0 Å². The first-order valence-corrected chi connectivity index (χ1v) is 6.89. The second-order valence-electron chi connectivity index (χ2n) is 4.67. The molecule has 5 nitrogen and oxygen atoms in total. The predicted octanol–water partition coefficient (Wildman–Crippen LogP) is 1.64. The fourth-order valence-electron chi connectivity index (χ4n) is 1.78. The summed E-state index contributed by atoms with van der Waals surface area (Å²) in [6.45, 7) is 0.671. The largest absolute Gasteiger partial charge is 0.482 e. The van der Waals surface area contributed by atoms with E-state index in [1.807, 2.05) is 0 Å². The van der Waals surface area contributed by atoms with E-state index in [4.69, 9.17) is 32.7 Å². The topological polar surface area (TPSA) is 67.8 Å². The fraction of sp³-hybridized carbons (Fsp3) is 0.462. The first kappa shape index (κ1) is 15.4. The van der Waals surface area contributed by atoms with Gasteiger partial charge < -0.3 is 19.9 Å². The van der Waals surface area contributed by atoms with Crippen LogP contribution < -0.4 is 10.1 Å². The molecule has 2 N–H and O–H groups in total. The Balaban J connectivity index is 1.79. The normalized spacial score (nSPS) is 21.8. The molecule has 1 aromatic carbocycles. The van der Waals surface area contributed by atoms with Gasteiger partial charge in [0.2, 0.25) is 0 Å². The average Bonchev–Trinajstić information content (AvgIpc) is 2.85. The van der Waals surface area contributed by atoms with Gasteiger partial charge in [-0.25, -0.2) is 0 Å². The number of rotatable bonds is 5. The van der Waals surface area contributed by atoms with Crippen LogP contribution in [0.15, 0.2) is 18.2 Å². The lowest BCUT2D eigenvalue weighted by molar-refractivity contribution is -0.124. The van der Waals surface area contributed by atoms with Gasteiger partial charge in [0.15, 0.2) is 6.61 Å².